The van der Waals surface area contributed by atoms with Crippen LogP contribution in [0.4, 0.5) is 0 Å². The van der Waals surface area contributed by atoms with Gasteiger partial charge in [0.1, 0.15) is 0 Å². The predicted molar refractivity (Wildman–Crippen MR) is 39.1 cm³/mol. The molecule has 0 spiro atoms. The van der Waals surface area contributed by atoms with Gasteiger partial charge in [-0.1, -0.05) is 0 Å². The van der Waals surface area contributed by atoms with Crippen molar-refractivity contribution in [3.05, 3.63) is 0 Å². The summed E-state index contributed by atoms with van der Waals surface area (Å²) >= 11 is 0. The molecule has 0 saturated heterocycles. The van der Waals surface area contributed by atoms with E-state index in [1.165, 1.54) is 7.11 Å². The quantitative estimate of drug-likeness (QED) is 0.358. The van der Waals surface area contributed by atoms with Crippen molar-refractivity contribution in [2.45, 2.75) is 19.3 Å². The SMILES string of the molecule is CON(O)C(O)COC(C)CO. The molecular weight excluding hydrogens is 166 g/mol. The molecule has 0 heterocycles. The predicted octanol–water partition coefficient (Wildman–Crippen LogP) is -1.05. The second-order valence-corrected chi connectivity index (χ2v) is 2.29. The van der Waals surface area contributed by atoms with E-state index in [0.717, 1.165) is 0 Å². The molecule has 0 amide bonds. The van der Waals surface area contributed by atoms with Gasteiger partial charge < -0.3 is 14.9 Å². The Balaban J connectivity index is 3.49. The summed E-state index contributed by atoms with van der Waals surface area (Å²) in [5.41, 5.74) is 0. The smallest absolute Gasteiger partial charge is 0.180 e. The molecule has 6 heteroatoms. The third kappa shape index (κ3) is 4.60. The number of aliphatic hydroxyl groups excluding tert-OH is 2. The molecule has 3 N–H and O–H groups in total. The molecule has 0 aromatic heterocycles. The van der Waals surface area contributed by atoms with E-state index < -0.39 is 6.23 Å². The van der Waals surface area contributed by atoms with Gasteiger partial charge in [0.2, 0.25) is 0 Å². The highest BCUT2D eigenvalue weighted by Gasteiger charge is 2.13. The minimum Gasteiger partial charge on any atom is -0.394 e. The third-order valence-electron chi connectivity index (χ3n) is 1.23. The highest BCUT2D eigenvalue weighted by atomic mass is 16.9. The Morgan fingerprint density at radius 2 is 2.08 bits per heavy atom. The fourth-order valence-corrected chi connectivity index (χ4v) is 0.488. The summed E-state index contributed by atoms with van der Waals surface area (Å²) in [4.78, 5) is 4.27. The lowest BCUT2D eigenvalue weighted by molar-refractivity contribution is -0.390. The van der Waals surface area contributed by atoms with E-state index in [-0.39, 0.29) is 24.5 Å². The molecule has 74 valence electrons. The van der Waals surface area contributed by atoms with Crippen LogP contribution in [0.5, 0.6) is 0 Å². The Labute approximate surface area is 70.8 Å². The Morgan fingerprint density at radius 3 is 2.50 bits per heavy atom. The minimum absolute atomic E-state index is 0.133. The van der Waals surface area contributed by atoms with Crippen molar-refractivity contribution < 1.29 is 25.0 Å². The molecule has 0 aliphatic heterocycles. The van der Waals surface area contributed by atoms with Crippen molar-refractivity contribution in [2.75, 3.05) is 20.3 Å². The molecule has 2 unspecified atom stereocenters. The van der Waals surface area contributed by atoms with Crippen LogP contribution < -0.4 is 0 Å². The standard InChI is InChI=1S/C6H15NO5/c1-5(3-8)12-4-6(9)7(10)11-2/h5-6,8-10H,3-4H2,1-2H3. The van der Waals surface area contributed by atoms with Crippen molar-refractivity contribution in [3.63, 3.8) is 0 Å². The Kier molecular flexibility index (Phi) is 6.17. The monoisotopic (exact) mass is 181 g/mol. The van der Waals surface area contributed by atoms with Crippen LogP contribution in [0.3, 0.4) is 0 Å². The van der Waals surface area contributed by atoms with Crippen LogP contribution in [0.1, 0.15) is 6.92 Å². The van der Waals surface area contributed by atoms with Crippen LogP contribution in [0.2, 0.25) is 0 Å². The summed E-state index contributed by atoms with van der Waals surface area (Å²) in [5.74, 6) is 0. The first-order chi connectivity index (χ1) is 5.61. The molecule has 0 aliphatic rings. The molecule has 0 aliphatic carbocycles. The van der Waals surface area contributed by atoms with Gasteiger partial charge >= 0.3 is 0 Å². The molecule has 12 heavy (non-hydrogen) atoms. The average molecular weight is 181 g/mol. The lowest BCUT2D eigenvalue weighted by Gasteiger charge is -2.19. The maximum absolute atomic E-state index is 9.01. The van der Waals surface area contributed by atoms with Gasteiger partial charge in [0.05, 0.1) is 26.4 Å². The van der Waals surface area contributed by atoms with Crippen LogP contribution in [-0.2, 0) is 9.57 Å². The van der Waals surface area contributed by atoms with E-state index in [9.17, 15) is 0 Å². The lowest BCUT2D eigenvalue weighted by atomic mass is 10.4. The molecule has 0 fully saturated rings. The maximum Gasteiger partial charge on any atom is 0.180 e. The van der Waals surface area contributed by atoms with Gasteiger partial charge in [0.25, 0.3) is 0 Å². The van der Waals surface area contributed by atoms with Crippen LogP contribution in [0.15, 0.2) is 0 Å². The second-order valence-electron chi connectivity index (χ2n) is 2.29. The number of rotatable bonds is 6. The fourth-order valence-electron chi connectivity index (χ4n) is 0.488. The number of nitrogens with zero attached hydrogens (tertiary/aromatic N) is 1. The molecule has 0 aromatic rings. The first kappa shape index (κ1) is 11.8. The number of hydrogen-bond acceptors (Lipinski definition) is 6. The van der Waals surface area contributed by atoms with Gasteiger partial charge in [0.15, 0.2) is 6.23 Å². The molecule has 0 saturated carbocycles. The third-order valence-corrected chi connectivity index (χ3v) is 1.23. The average Bonchev–Trinajstić information content (AvgIpc) is 2.11. The van der Waals surface area contributed by atoms with Crippen molar-refractivity contribution in [2.24, 2.45) is 0 Å². The van der Waals surface area contributed by atoms with Crippen LogP contribution in [0, 0.1) is 0 Å². The summed E-state index contributed by atoms with van der Waals surface area (Å²) in [7, 11) is 1.21. The van der Waals surface area contributed by atoms with Crippen molar-refractivity contribution in [3.8, 4) is 0 Å². The number of aliphatic hydroxyl groups is 2. The van der Waals surface area contributed by atoms with Crippen molar-refractivity contribution in [1.29, 1.82) is 0 Å². The zero-order chi connectivity index (χ0) is 9.56. The van der Waals surface area contributed by atoms with Gasteiger partial charge in [-0.3, -0.25) is 10.0 Å². The maximum atomic E-state index is 9.01. The van der Waals surface area contributed by atoms with Crippen LogP contribution in [-0.4, -0.2) is 53.3 Å². The molecule has 6 nitrogen and oxygen atoms in total. The Hall–Kier alpha value is -0.240. The number of ether oxygens (including phenoxy) is 1. The number of hydroxylamine groups is 2. The fraction of sp³-hybridized carbons (Fsp3) is 1.00. The molecule has 0 radical (unpaired) electrons. The van der Waals surface area contributed by atoms with Crippen molar-refractivity contribution >= 4 is 0 Å². The molecular formula is C6H15NO5. The van der Waals surface area contributed by atoms with Gasteiger partial charge in [-0.15, -0.1) is 0 Å². The molecule has 2 atom stereocenters. The van der Waals surface area contributed by atoms with Gasteiger partial charge in [-0.05, 0) is 12.2 Å². The summed E-state index contributed by atoms with van der Waals surface area (Å²) in [6.45, 7) is 1.37. The first-order valence-electron chi connectivity index (χ1n) is 3.54. The van der Waals surface area contributed by atoms with Crippen molar-refractivity contribution in [1.82, 2.24) is 5.23 Å². The molecule has 0 bridgehead atoms. The van der Waals surface area contributed by atoms with Crippen LogP contribution in [0.25, 0.3) is 0 Å². The van der Waals surface area contributed by atoms with E-state index in [0.29, 0.717) is 0 Å². The Morgan fingerprint density at radius 1 is 1.50 bits per heavy atom. The summed E-state index contributed by atoms with van der Waals surface area (Å²) in [6, 6.07) is 0. The van der Waals surface area contributed by atoms with E-state index in [1.54, 1.807) is 6.92 Å². The topological polar surface area (TPSA) is 82.4 Å². The van der Waals surface area contributed by atoms with Crippen LogP contribution >= 0.6 is 0 Å². The summed E-state index contributed by atoms with van der Waals surface area (Å²) in [5, 5.41) is 26.5. The highest BCUT2D eigenvalue weighted by molar-refractivity contribution is 4.47. The highest BCUT2D eigenvalue weighted by Crippen LogP contribution is 1.95. The van der Waals surface area contributed by atoms with E-state index >= 15 is 0 Å². The van der Waals surface area contributed by atoms with E-state index in [1.807, 2.05) is 0 Å². The normalized spacial score (nSPS) is 16.5. The van der Waals surface area contributed by atoms with E-state index in [2.05, 4.69) is 4.84 Å². The lowest BCUT2D eigenvalue weighted by Crippen LogP contribution is -2.36. The van der Waals surface area contributed by atoms with Gasteiger partial charge in [-0.25, -0.2) is 0 Å². The van der Waals surface area contributed by atoms with Gasteiger partial charge in [-0.2, -0.15) is 0 Å². The molecule has 0 aromatic carbocycles. The summed E-state index contributed by atoms with van der Waals surface area (Å²) in [6.07, 6.45) is -1.62. The zero-order valence-electron chi connectivity index (χ0n) is 7.17. The number of hydrogen-bond donors (Lipinski definition) is 3. The minimum atomic E-state index is -1.25. The second kappa shape index (κ2) is 6.30. The first-order valence-corrected chi connectivity index (χ1v) is 3.54. The summed E-state index contributed by atoms with van der Waals surface area (Å²) < 4.78 is 4.89. The Bertz CT molecular complexity index is 112. The van der Waals surface area contributed by atoms with E-state index in [4.69, 9.17) is 20.2 Å². The largest absolute Gasteiger partial charge is 0.394 e. The molecule has 0 rings (SSSR count). The van der Waals surface area contributed by atoms with Gasteiger partial charge in [0, 0.05) is 0 Å². The zero-order valence-corrected chi connectivity index (χ0v) is 7.17.